The summed E-state index contributed by atoms with van der Waals surface area (Å²) in [5.41, 5.74) is -2.06. The molecule has 1 amide bonds. The number of fused-ring (bicyclic) bond motifs is 1. The Balaban J connectivity index is 2.63. The number of aliphatic hydroxyl groups is 1. The van der Waals surface area contributed by atoms with Crippen molar-refractivity contribution in [2.45, 2.75) is 12.3 Å². The van der Waals surface area contributed by atoms with Crippen LogP contribution in [0.5, 0.6) is 0 Å². The van der Waals surface area contributed by atoms with Gasteiger partial charge in [0.2, 0.25) is 0 Å². The zero-order valence-electron chi connectivity index (χ0n) is 11.9. The van der Waals surface area contributed by atoms with E-state index in [1.165, 1.54) is 25.1 Å². The van der Waals surface area contributed by atoms with Crippen molar-refractivity contribution in [3.63, 3.8) is 0 Å². The Labute approximate surface area is 135 Å². The third-order valence-electron chi connectivity index (χ3n) is 3.54. The van der Waals surface area contributed by atoms with Crippen LogP contribution in [-0.4, -0.2) is 34.4 Å². The van der Waals surface area contributed by atoms with Crippen LogP contribution in [0.1, 0.15) is 18.1 Å². The van der Waals surface area contributed by atoms with Crippen molar-refractivity contribution in [3.8, 4) is 6.07 Å². The first-order valence-electron chi connectivity index (χ1n) is 6.42. The number of hydrogen-bond donors (Lipinski definition) is 3. The molecule has 1 aromatic carbocycles. The molecule has 8 heteroatoms. The van der Waals surface area contributed by atoms with E-state index in [1.54, 1.807) is 0 Å². The van der Waals surface area contributed by atoms with E-state index in [4.69, 9.17) is 16.7 Å². The maximum atomic E-state index is 12.6. The van der Waals surface area contributed by atoms with Gasteiger partial charge in [-0.25, -0.2) is 0 Å². The predicted molar refractivity (Wildman–Crippen MR) is 79.6 cm³/mol. The summed E-state index contributed by atoms with van der Waals surface area (Å²) in [6.07, 6.45) is 0. The number of hydrogen-bond acceptors (Lipinski definition) is 5. The van der Waals surface area contributed by atoms with E-state index < -0.39 is 41.0 Å². The highest BCUT2D eigenvalue weighted by atomic mass is 35.5. The van der Waals surface area contributed by atoms with E-state index in [0.717, 1.165) is 0 Å². The number of benzene rings is 1. The first-order valence-corrected chi connectivity index (χ1v) is 6.80. The van der Waals surface area contributed by atoms with Crippen LogP contribution in [0.4, 0.5) is 0 Å². The van der Waals surface area contributed by atoms with Gasteiger partial charge < -0.3 is 15.5 Å². The summed E-state index contributed by atoms with van der Waals surface area (Å²) < 4.78 is 0. The van der Waals surface area contributed by atoms with Crippen LogP contribution in [-0.2, 0) is 19.8 Å². The summed E-state index contributed by atoms with van der Waals surface area (Å²) in [7, 11) is 0. The number of carbonyl (C=O) groups is 3. The van der Waals surface area contributed by atoms with Gasteiger partial charge in [-0.1, -0.05) is 11.6 Å². The predicted octanol–water partition coefficient (Wildman–Crippen LogP) is 1.17. The molecular formula is C15H11ClN2O5. The number of carbonyl (C=O) groups excluding carboxylic acids is 2. The number of aliphatic carboxylic acids is 1. The Kier molecular flexibility index (Phi) is 4.12. The molecule has 1 aliphatic rings. The van der Waals surface area contributed by atoms with Crippen LogP contribution in [0.15, 0.2) is 23.8 Å². The minimum absolute atomic E-state index is 0.124. The lowest BCUT2D eigenvalue weighted by molar-refractivity contribution is -0.137. The van der Waals surface area contributed by atoms with Crippen molar-refractivity contribution in [2.24, 2.45) is 0 Å². The number of ketones is 1. The molecule has 1 atom stereocenters. The smallest absolute Gasteiger partial charge is 0.322 e. The molecule has 7 nitrogen and oxygen atoms in total. The lowest BCUT2D eigenvalue weighted by atomic mass is 9.70. The van der Waals surface area contributed by atoms with Crippen molar-refractivity contribution in [2.75, 3.05) is 6.54 Å². The Morgan fingerprint density at radius 1 is 1.43 bits per heavy atom. The summed E-state index contributed by atoms with van der Waals surface area (Å²) in [5.74, 6) is -3.90. The molecule has 0 aromatic heterocycles. The number of carboxylic acids is 1. The van der Waals surface area contributed by atoms with E-state index in [9.17, 15) is 24.8 Å². The summed E-state index contributed by atoms with van der Waals surface area (Å²) >= 11 is 5.88. The number of nitrogens with one attached hydrogen (secondary N) is 1. The van der Waals surface area contributed by atoms with Gasteiger partial charge in [0, 0.05) is 10.6 Å². The van der Waals surface area contributed by atoms with E-state index in [-0.39, 0.29) is 16.1 Å². The minimum Gasteiger partial charge on any atom is -0.506 e. The van der Waals surface area contributed by atoms with Crippen molar-refractivity contribution < 1.29 is 24.6 Å². The van der Waals surface area contributed by atoms with Gasteiger partial charge in [-0.15, -0.1) is 0 Å². The number of carboxylic acid groups (broad SMARTS) is 1. The zero-order chi connectivity index (χ0) is 17.4. The molecule has 1 aromatic rings. The molecule has 23 heavy (non-hydrogen) atoms. The Morgan fingerprint density at radius 2 is 2.09 bits per heavy atom. The molecule has 0 spiro atoms. The summed E-state index contributed by atoms with van der Waals surface area (Å²) in [6, 6.07) is 6.04. The SMILES string of the molecule is C[C@@]1(C#N)C(=O)C(C(=O)NCC(=O)O)=C(O)c2ccc(Cl)cc21. The van der Waals surface area contributed by atoms with Gasteiger partial charge >= 0.3 is 5.97 Å². The van der Waals surface area contributed by atoms with Crippen molar-refractivity contribution in [3.05, 3.63) is 39.9 Å². The number of rotatable bonds is 3. The van der Waals surface area contributed by atoms with E-state index in [0.29, 0.717) is 0 Å². The molecule has 2 rings (SSSR count). The van der Waals surface area contributed by atoms with Crippen LogP contribution in [0.2, 0.25) is 5.02 Å². The molecule has 0 aliphatic heterocycles. The largest absolute Gasteiger partial charge is 0.506 e. The lowest BCUT2D eigenvalue weighted by Gasteiger charge is -2.29. The lowest BCUT2D eigenvalue weighted by Crippen LogP contribution is -2.43. The van der Waals surface area contributed by atoms with Gasteiger partial charge in [0.25, 0.3) is 5.91 Å². The number of aliphatic hydroxyl groups excluding tert-OH is 1. The summed E-state index contributed by atoms with van der Waals surface area (Å²) in [4.78, 5) is 35.1. The molecule has 1 aliphatic carbocycles. The highest BCUT2D eigenvalue weighted by molar-refractivity contribution is 6.32. The Morgan fingerprint density at radius 3 is 2.65 bits per heavy atom. The molecule has 0 saturated heterocycles. The topological polar surface area (TPSA) is 127 Å². The van der Waals surface area contributed by atoms with Gasteiger partial charge in [-0.3, -0.25) is 14.4 Å². The van der Waals surface area contributed by atoms with E-state index in [2.05, 4.69) is 0 Å². The monoisotopic (exact) mass is 334 g/mol. The Bertz CT molecular complexity index is 809. The number of nitriles is 1. The van der Waals surface area contributed by atoms with Crippen LogP contribution in [0.25, 0.3) is 5.76 Å². The molecule has 0 radical (unpaired) electrons. The molecule has 0 unspecified atom stereocenters. The summed E-state index contributed by atoms with van der Waals surface area (Å²) in [6.45, 7) is 0.584. The van der Waals surface area contributed by atoms with E-state index >= 15 is 0 Å². The molecule has 0 saturated carbocycles. The number of amides is 1. The standard InChI is InChI=1S/C15H11ClN2O5/c1-15(6-17)9-4-7(16)2-3-8(9)12(21)11(13(15)22)14(23)18-5-10(19)20/h2-4,21H,5H2,1H3,(H,18,23)(H,19,20)/t15-/m0/s1. The number of Topliss-reactive ketones (excluding diaryl/α,β-unsaturated/α-hetero) is 1. The fourth-order valence-corrected chi connectivity index (χ4v) is 2.49. The summed E-state index contributed by atoms with van der Waals surface area (Å²) in [5, 5.41) is 30.5. The molecule has 0 fully saturated rings. The second-order valence-corrected chi connectivity index (χ2v) is 5.49. The molecule has 0 bridgehead atoms. The number of halogens is 1. The van der Waals surface area contributed by atoms with Crippen LogP contribution in [0, 0.1) is 11.3 Å². The molecular weight excluding hydrogens is 324 g/mol. The molecule has 118 valence electrons. The van der Waals surface area contributed by atoms with Gasteiger partial charge in [0.15, 0.2) is 5.78 Å². The third kappa shape index (κ3) is 2.64. The number of nitrogens with zero attached hydrogens (tertiary/aromatic N) is 1. The van der Waals surface area contributed by atoms with Gasteiger partial charge in [0.05, 0.1) is 6.07 Å². The minimum atomic E-state index is -1.72. The third-order valence-corrected chi connectivity index (χ3v) is 3.78. The fourth-order valence-electron chi connectivity index (χ4n) is 2.32. The maximum Gasteiger partial charge on any atom is 0.322 e. The molecule has 0 heterocycles. The highest BCUT2D eigenvalue weighted by Crippen LogP contribution is 2.40. The van der Waals surface area contributed by atoms with Gasteiger partial charge in [-0.05, 0) is 30.7 Å². The normalized spacial score (nSPS) is 19.8. The first kappa shape index (κ1) is 16.5. The highest BCUT2D eigenvalue weighted by Gasteiger charge is 2.47. The fraction of sp³-hybridized carbons (Fsp3) is 0.200. The first-order chi connectivity index (χ1) is 10.7. The second-order valence-electron chi connectivity index (χ2n) is 5.06. The van der Waals surface area contributed by atoms with E-state index in [1.807, 2.05) is 11.4 Å². The van der Waals surface area contributed by atoms with Crippen LogP contribution >= 0.6 is 11.6 Å². The second kappa shape index (κ2) is 5.74. The zero-order valence-corrected chi connectivity index (χ0v) is 12.6. The maximum absolute atomic E-state index is 12.6. The average molecular weight is 335 g/mol. The average Bonchev–Trinajstić information content (AvgIpc) is 2.50. The Hall–Kier alpha value is -2.85. The van der Waals surface area contributed by atoms with Crippen molar-refractivity contribution in [1.82, 2.24) is 5.32 Å². The van der Waals surface area contributed by atoms with Gasteiger partial charge in [0.1, 0.15) is 23.3 Å². The quantitative estimate of drug-likeness (QED) is 0.712. The van der Waals surface area contributed by atoms with Crippen molar-refractivity contribution >= 4 is 35.0 Å². The van der Waals surface area contributed by atoms with Crippen LogP contribution < -0.4 is 5.32 Å². The van der Waals surface area contributed by atoms with Crippen molar-refractivity contribution in [1.29, 1.82) is 5.26 Å². The molecule has 3 N–H and O–H groups in total. The van der Waals surface area contributed by atoms with Crippen LogP contribution in [0.3, 0.4) is 0 Å². The van der Waals surface area contributed by atoms with Gasteiger partial charge in [-0.2, -0.15) is 5.26 Å².